The summed E-state index contributed by atoms with van der Waals surface area (Å²) in [6.07, 6.45) is 8.51. The molecule has 0 aliphatic carbocycles. The van der Waals surface area contributed by atoms with Gasteiger partial charge in [0.2, 0.25) is 0 Å². The highest BCUT2D eigenvalue weighted by Crippen LogP contribution is 2.13. The first-order chi connectivity index (χ1) is 7.15. The van der Waals surface area contributed by atoms with Gasteiger partial charge in [-0.3, -0.25) is 4.98 Å². The number of carboxylic acids is 1. The zero-order chi connectivity index (χ0) is 11.3. The molecule has 1 atom stereocenters. The Morgan fingerprint density at radius 2 is 2.53 bits per heavy atom. The Labute approximate surface area is 88.3 Å². The van der Waals surface area contributed by atoms with Crippen LogP contribution in [0.25, 0.3) is 0 Å². The standard InChI is InChI=1S/C11H12N2O2/c1-3-4-10(11(14)15)13-9-5-6-12-7-8(9)2/h1,5-7,10H,4H2,2H3,(H,12,13)(H,14,15). The molecule has 2 N–H and O–H groups in total. The van der Waals surface area contributed by atoms with E-state index in [4.69, 9.17) is 11.5 Å². The van der Waals surface area contributed by atoms with Crippen LogP contribution in [-0.2, 0) is 4.79 Å². The highest BCUT2D eigenvalue weighted by atomic mass is 16.4. The molecule has 1 unspecified atom stereocenters. The fourth-order valence-corrected chi connectivity index (χ4v) is 1.14. The number of aliphatic carboxylic acids is 1. The minimum atomic E-state index is -0.954. The van der Waals surface area contributed by atoms with Crippen LogP contribution in [-0.4, -0.2) is 22.1 Å². The van der Waals surface area contributed by atoms with Crippen molar-refractivity contribution in [2.75, 3.05) is 5.32 Å². The maximum absolute atomic E-state index is 10.8. The lowest BCUT2D eigenvalue weighted by Gasteiger charge is -2.14. The number of nitrogens with zero attached hydrogens (tertiary/aromatic N) is 1. The second-order valence-electron chi connectivity index (χ2n) is 3.13. The number of nitrogens with one attached hydrogen (secondary N) is 1. The number of carbonyl (C=O) groups is 1. The van der Waals surface area contributed by atoms with E-state index in [2.05, 4.69) is 16.2 Å². The van der Waals surface area contributed by atoms with Gasteiger partial charge in [-0.1, -0.05) is 0 Å². The number of hydrogen-bond acceptors (Lipinski definition) is 3. The Morgan fingerprint density at radius 3 is 3.07 bits per heavy atom. The molecule has 0 aliphatic rings. The predicted octanol–water partition coefficient (Wildman–Crippen LogP) is 1.28. The van der Waals surface area contributed by atoms with Crippen LogP contribution in [0.4, 0.5) is 5.69 Å². The number of pyridine rings is 1. The Bertz CT molecular complexity index is 396. The quantitative estimate of drug-likeness (QED) is 0.725. The van der Waals surface area contributed by atoms with Gasteiger partial charge in [0.15, 0.2) is 0 Å². The molecule has 4 nitrogen and oxygen atoms in total. The molecule has 0 saturated heterocycles. The van der Waals surface area contributed by atoms with Gasteiger partial charge in [0, 0.05) is 24.5 Å². The van der Waals surface area contributed by atoms with Gasteiger partial charge < -0.3 is 10.4 Å². The van der Waals surface area contributed by atoms with E-state index in [-0.39, 0.29) is 6.42 Å². The van der Waals surface area contributed by atoms with E-state index in [9.17, 15) is 4.79 Å². The highest BCUT2D eigenvalue weighted by molar-refractivity contribution is 5.78. The first-order valence-electron chi connectivity index (χ1n) is 4.48. The molecule has 0 spiro atoms. The van der Waals surface area contributed by atoms with E-state index in [0.29, 0.717) is 0 Å². The molecule has 0 fully saturated rings. The first kappa shape index (κ1) is 11.1. The van der Waals surface area contributed by atoms with Crippen molar-refractivity contribution in [1.29, 1.82) is 0 Å². The van der Waals surface area contributed by atoms with E-state index in [1.54, 1.807) is 18.5 Å². The number of aromatic nitrogens is 1. The number of rotatable bonds is 4. The molecular weight excluding hydrogens is 192 g/mol. The summed E-state index contributed by atoms with van der Waals surface area (Å²) < 4.78 is 0. The average Bonchev–Trinajstić information content (AvgIpc) is 2.20. The minimum Gasteiger partial charge on any atom is -0.480 e. The van der Waals surface area contributed by atoms with Crippen LogP contribution in [0.3, 0.4) is 0 Å². The number of terminal acetylenes is 1. The molecule has 15 heavy (non-hydrogen) atoms. The van der Waals surface area contributed by atoms with Crippen LogP contribution in [0.15, 0.2) is 18.5 Å². The van der Waals surface area contributed by atoms with Crippen molar-refractivity contribution in [3.8, 4) is 12.3 Å². The summed E-state index contributed by atoms with van der Waals surface area (Å²) in [6, 6.07) is 0.970. The lowest BCUT2D eigenvalue weighted by molar-refractivity contribution is -0.137. The predicted molar refractivity (Wildman–Crippen MR) is 57.5 cm³/mol. The summed E-state index contributed by atoms with van der Waals surface area (Å²) in [6.45, 7) is 1.85. The first-order valence-corrected chi connectivity index (χ1v) is 4.48. The zero-order valence-electron chi connectivity index (χ0n) is 8.40. The fourth-order valence-electron chi connectivity index (χ4n) is 1.14. The summed E-state index contributed by atoms with van der Waals surface area (Å²) in [5, 5.41) is 11.7. The third-order valence-electron chi connectivity index (χ3n) is 1.97. The van der Waals surface area contributed by atoms with E-state index < -0.39 is 12.0 Å². The van der Waals surface area contributed by atoms with Crippen LogP contribution in [0.5, 0.6) is 0 Å². The largest absolute Gasteiger partial charge is 0.480 e. The lowest BCUT2D eigenvalue weighted by Crippen LogP contribution is -2.29. The van der Waals surface area contributed by atoms with Crippen LogP contribution in [0.1, 0.15) is 12.0 Å². The molecule has 78 valence electrons. The summed E-state index contributed by atoms with van der Waals surface area (Å²) in [5.41, 5.74) is 1.63. The Kier molecular flexibility index (Phi) is 3.69. The summed E-state index contributed by atoms with van der Waals surface area (Å²) in [7, 11) is 0. The van der Waals surface area contributed by atoms with E-state index in [1.807, 2.05) is 6.92 Å². The number of hydrogen-bond donors (Lipinski definition) is 2. The Morgan fingerprint density at radius 1 is 1.80 bits per heavy atom. The molecule has 0 aliphatic heterocycles. The third kappa shape index (κ3) is 2.99. The Hall–Kier alpha value is -2.02. The van der Waals surface area contributed by atoms with Gasteiger partial charge in [0.05, 0.1) is 0 Å². The van der Waals surface area contributed by atoms with Gasteiger partial charge in [0.1, 0.15) is 6.04 Å². The van der Waals surface area contributed by atoms with Crippen molar-refractivity contribution in [2.45, 2.75) is 19.4 Å². The number of carboxylic acid groups (broad SMARTS) is 1. The molecule has 0 aromatic carbocycles. The lowest BCUT2D eigenvalue weighted by atomic mass is 10.2. The van der Waals surface area contributed by atoms with Gasteiger partial charge in [-0.05, 0) is 18.6 Å². The third-order valence-corrected chi connectivity index (χ3v) is 1.97. The molecule has 4 heteroatoms. The van der Waals surface area contributed by atoms with Crippen molar-refractivity contribution in [1.82, 2.24) is 4.98 Å². The topological polar surface area (TPSA) is 62.2 Å². The summed E-state index contributed by atoms with van der Waals surface area (Å²) in [5.74, 6) is 1.38. The summed E-state index contributed by atoms with van der Waals surface area (Å²) in [4.78, 5) is 14.7. The molecule has 1 aromatic heterocycles. The summed E-state index contributed by atoms with van der Waals surface area (Å²) >= 11 is 0. The van der Waals surface area contributed by atoms with Crippen LogP contribution >= 0.6 is 0 Å². The smallest absolute Gasteiger partial charge is 0.327 e. The van der Waals surface area contributed by atoms with Crippen LogP contribution < -0.4 is 5.32 Å². The fraction of sp³-hybridized carbons (Fsp3) is 0.273. The molecular formula is C11H12N2O2. The van der Waals surface area contributed by atoms with Crippen molar-refractivity contribution in [3.05, 3.63) is 24.0 Å². The van der Waals surface area contributed by atoms with E-state index in [1.165, 1.54) is 0 Å². The molecule has 0 radical (unpaired) electrons. The molecule has 0 bridgehead atoms. The minimum absolute atomic E-state index is 0.150. The highest BCUT2D eigenvalue weighted by Gasteiger charge is 2.16. The second-order valence-corrected chi connectivity index (χ2v) is 3.13. The SMILES string of the molecule is C#CCC(Nc1ccncc1C)C(=O)O. The van der Waals surface area contributed by atoms with Crippen molar-refractivity contribution in [3.63, 3.8) is 0 Å². The monoisotopic (exact) mass is 204 g/mol. The average molecular weight is 204 g/mol. The van der Waals surface area contributed by atoms with Gasteiger partial charge in [-0.15, -0.1) is 12.3 Å². The van der Waals surface area contributed by atoms with Crippen molar-refractivity contribution < 1.29 is 9.90 Å². The normalized spacial score (nSPS) is 11.5. The molecule has 0 amide bonds. The van der Waals surface area contributed by atoms with Gasteiger partial charge >= 0.3 is 5.97 Å². The van der Waals surface area contributed by atoms with Crippen molar-refractivity contribution in [2.24, 2.45) is 0 Å². The van der Waals surface area contributed by atoms with E-state index in [0.717, 1.165) is 11.3 Å². The molecule has 1 rings (SSSR count). The van der Waals surface area contributed by atoms with Crippen molar-refractivity contribution >= 4 is 11.7 Å². The van der Waals surface area contributed by atoms with Crippen LogP contribution in [0.2, 0.25) is 0 Å². The van der Waals surface area contributed by atoms with Gasteiger partial charge in [-0.2, -0.15) is 0 Å². The molecule has 1 aromatic rings. The number of anilines is 1. The maximum atomic E-state index is 10.8. The van der Waals surface area contributed by atoms with Crippen LogP contribution in [0, 0.1) is 19.3 Å². The van der Waals surface area contributed by atoms with Gasteiger partial charge in [-0.25, -0.2) is 4.79 Å². The Balaban J connectivity index is 2.79. The molecule has 1 heterocycles. The number of aryl methyl sites for hydroxylation is 1. The zero-order valence-corrected chi connectivity index (χ0v) is 8.40. The molecule has 0 saturated carbocycles. The second kappa shape index (κ2) is 5.01. The maximum Gasteiger partial charge on any atom is 0.327 e. The van der Waals surface area contributed by atoms with Gasteiger partial charge in [0.25, 0.3) is 0 Å². The van der Waals surface area contributed by atoms with E-state index >= 15 is 0 Å².